The van der Waals surface area contributed by atoms with Crippen molar-refractivity contribution in [3.63, 3.8) is 0 Å². The molecule has 178 valence electrons. The minimum Gasteiger partial charge on any atom is -0.406 e. The molecule has 0 unspecified atom stereocenters. The molecule has 3 aromatic rings. The van der Waals surface area contributed by atoms with Crippen LogP contribution >= 0.6 is 0 Å². The second kappa shape index (κ2) is 10.1. The van der Waals surface area contributed by atoms with Crippen molar-refractivity contribution >= 4 is 17.3 Å². The molecule has 9 heteroatoms. The summed E-state index contributed by atoms with van der Waals surface area (Å²) in [6.07, 6.45) is -4.78. The number of halogens is 3. The summed E-state index contributed by atoms with van der Waals surface area (Å²) in [5.74, 6) is -0.666. The maximum atomic E-state index is 12.8. The van der Waals surface area contributed by atoms with E-state index in [1.54, 1.807) is 36.4 Å². The predicted octanol–water partition coefficient (Wildman–Crippen LogP) is 4.92. The van der Waals surface area contributed by atoms with Gasteiger partial charge in [-0.1, -0.05) is 30.3 Å². The lowest BCUT2D eigenvalue weighted by molar-refractivity contribution is -0.274. The summed E-state index contributed by atoms with van der Waals surface area (Å²) in [6.45, 7) is 3.99. The van der Waals surface area contributed by atoms with E-state index in [0.717, 1.165) is 38.4 Å². The predicted molar refractivity (Wildman–Crippen MR) is 123 cm³/mol. The summed E-state index contributed by atoms with van der Waals surface area (Å²) >= 11 is 0. The Balaban J connectivity index is 1.46. The Morgan fingerprint density at radius 3 is 2.41 bits per heavy atom. The number of benzene rings is 3. The summed E-state index contributed by atoms with van der Waals surface area (Å²) in [6, 6.07) is 17.8. The van der Waals surface area contributed by atoms with Gasteiger partial charge in [-0.05, 0) is 53.1 Å². The molecule has 0 aromatic heterocycles. The normalized spacial score (nSPS) is 14.6. The first kappa shape index (κ1) is 23.6. The van der Waals surface area contributed by atoms with E-state index in [4.69, 9.17) is 10.5 Å². The van der Waals surface area contributed by atoms with Crippen LogP contribution in [0, 0.1) is 0 Å². The fraction of sp³-hybridized carbons (Fsp3) is 0.240. The number of nitrogens with two attached hydrogens (primary N) is 1. The highest BCUT2D eigenvalue weighted by molar-refractivity contribution is 6.06. The van der Waals surface area contributed by atoms with Crippen LogP contribution < -0.4 is 15.8 Å². The molecule has 0 spiro atoms. The van der Waals surface area contributed by atoms with Crippen LogP contribution in [0.5, 0.6) is 5.75 Å². The van der Waals surface area contributed by atoms with Crippen LogP contribution in [0.4, 0.5) is 24.5 Å². The Labute approximate surface area is 195 Å². The Hall–Kier alpha value is -3.56. The molecule has 0 radical (unpaired) electrons. The van der Waals surface area contributed by atoms with E-state index < -0.39 is 6.36 Å². The molecular weight excluding hydrogens is 447 g/mol. The SMILES string of the molecule is Nc1ccc(-c2cccc(OC(F)(F)F)c2)cc1NC(=O)c1ccc(CN2CCOCC2)cc1. The monoisotopic (exact) mass is 471 g/mol. The molecule has 3 aromatic carbocycles. The standard InChI is InChI=1S/C25H24F3N3O3/c26-25(27,28)34-21-3-1-2-19(14-21)20-8-9-22(29)23(15-20)30-24(32)18-6-4-17(5-7-18)16-31-10-12-33-13-11-31/h1-9,14-15H,10-13,16,29H2,(H,30,32). The second-order valence-corrected chi connectivity index (χ2v) is 7.92. The molecule has 34 heavy (non-hydrogen) atoms. The van der Waals surface area contributed by atoms with E-state index in [2.05, 4.69) is 15.0 Å². The van der Waals surface area contributed by atoms with Crippen molar-refractivity contribution in [2.45, 2.75) is 12.9 Å². The molecule has 0 saturated carbocycles. The molecule has 1 aliphatic rings. The van der Waals surface area contributed by atoms with E-state index >= 15 is 0 Å². The van der Waals surface area contributed by atoms with E-state index in [9.17, 15) is 18.0 Å². The molecule has 1 aliphatic heterocycles. The molecule has 0 atom stereocenters. The number of anilines is 2. The van der Waals surface area contributed by atoms with Crippen LogP contribution in [0.25, 0.3) is 11.1 Å². The minimum absolute atomic E-state index is 0.329. The Kier molecular flexibility index (Phi) is 7.04. The number of morpholine rings is 1. The topological polar surface area (TPSA) is 76.8 Å². The number of carbonyl (C=O) groups is 1. The first-order valence-electron chi connectivity index (χ1n) is 10.7. The van der Waals surface area contributed by atoms with Crippen molar-refractivity contribution in [3.8, 4) is 16.9 Å². The number of nitrogen functional groups attached to an aromatic ring is 1. The number of carbonyl (C=O) groups excluding carboxylic acids is 1. The third-order valence-corrected chi connectivity index (χ3v) is 5.43. The van der Waals surface area contributed by atoms with Crippen LogP contribution in [0.3, 0.4) is 0 Å². The molecule has 0 aliphatic carbocycles. The van der Waals surface area contributed by atoms with Crippen molar-refractivity contribution in [1.29, 1.82) is 0 Å². The van der Waals surface area contributed by atoms with Gasteiger partial charge in [0.1, 0.15) is 5.75 Å². The van der Waals surface area contributed by atoms with Gasteiger partial charge in [0, 0.05) is 25.2 Å². The number of rotatable bonds is 6. The molecule has 0 bridgehead atoms. The summed E-state index contributed by atoms with van der Waals surface area (Å²) in [5.41, 5.74) is 9.37. The van der Waals surface area contributed by atoms with E-state index in [1.807, 2.05) is 12.1 Å². The molecular formula is C25H24F3N3O3. The van der Waals surface area contributed by atoms with E-state index in [-0.39, 0.29) is 11.7 Å². The number of nitrogens with one attached hydrogen (secondary N) is 1. The number of ether oxygens (including phenoxy) is 2. The van der Waals surface area contributed by atoms with Gasteiger partial charge in [0.15, 0.2) is 0 Å². The lowest BCUT2D eigenvalue weighted by Gasteiger charge is -2.26. The average Bonchev–Trinajstić information content (AvgIpc) is 2.81. The van der Waals surface area contributed by atoms with Crippen molar-refractivity contribution in [2.75, 3.05) is 37.4 Å². The zero-order valence-electron chi connectivity index (χ0n) is 18.3. The number of nitrogens with zero attached hydrogens (tertiary/aromatic N) is 1. The highest BCUT2D eigenvalue weighted by atomic mass is 19.4. The first-order valence-corrected chi connectivity index (χ1v) is 10.7. The van der Waals surface area contributed by atoms with Gasteiger partial charge in [0.2, 0.25) is 0 Å². The molecule has 1 saturated heterocycles. The van der Waals surface area contributed by atoms with Gasteiger partial charge in [-0.25, -0.2) is 0 Å². The third-order valence-electron chi connectivity index (χ3n) is 5.43. The Bertz CT molecular complexity index is 1140. The number of alkyl halides is 3. The van der Waals surface area contributed by atoms with Gasteiger partial charge in [0.25, 0.3) is 5.91 Å². The van der Waals surface area contributed by atoms with Crippen molar-refractivity contribution in [3.05, 3.63) is 77.9 Å². The zero-order chi connectivity index (χ0) is 24.1. The van der Waals surface area contributed by atoms with Crippen LogP contribution in [-0.2, 0) is 11.3 Å². The van der Waals surface area contributed by atoms with Gasteiger partial charge < -0.3 is 20.5 Å². The van der Waals surface area contributed by atoms with Gasteiger partial charge in [-0.3, -0.25) is 9.69 Å². The van der Waals surface area contributed by atoms with Gasteiger partial charge in [-0.15, -0.1) is 13.2 Å². The highest BCUT2D eigenvalue weighted by Crippen LogP contribution is 2.31. The second-order valence-electron chi connectivity index (χ2n) is 7.92. The average molecular weight is 471 g/mol. The van der Waals surface area contributed by atoms with Gasteiger partial charge in [-0.2, -0.15) is 0 Å². The highest BCUT2D eigenvalue weighted by Gasteiger charge is 2.31. The largest absolute Gasteiger partial charge is 0.573 e. The van der Waals surface area contributed by atoms with Crippen LogP contribution in [0.2, 0.25) is 0 Å². The quantitative estimate of drug-likeness (QED) is 0.499. The Morgan fingerprint density at radius 1 is 1.00 bits per heavy atom. The Morgan fingerprint density at radius 2 is 1.71 bits per heavy atom. The third kappa shape index (κ3) is 6.27. The lowest BCUT2D eigenvalue weighted by Crippen LogP contribution is -2.35. The molecule has 4 rings (SSSR count). The maximum absolute atomic E-state index is 12.8. The van der Waals surface area contributed by atoms with Crippen LogP contribution in [-0.4, -0.2) is 43.5 Å². The first-order chi connectivity index (χ1) is 16.3. The summed E-state index contributed by atoms with van der Waals surface area (Å²) in [5, 5.41) is 2.79. The summed E-state index contributed by atoms with van der Waals surface area (Å²) in [4.78, 5) is 15.1. The molecule has 1 amide bonds. The molecule has 6 nitrogen and oxygen atoms in total. The molecule has 1 heterocycles. The zero-order valence-corrected chi connectivity index (χ0v) is 18.3. The fourth-order valence-electron chi connectivity index (χ4n) is 3.69. The number of amides is 1. The van der Waals surface area contributed by atoms with E-state index in [0.29, 0.717) is 28.1 Å². The van der Waals surface area contributed by atoms with Crippen molar-refractivity contribution in [1.82, 2.24) is 4.90 Å². The molecule has 3 N–H and O–H groups in total. The van der Waals surface area contributed by atoms with E-state index in [1.165, 1.54) is 18.2 Å². The van der Waals surface area contributed by atoms with Crippen LogP contribution in [0.15, 0.2) is 66.7 Å². The smallest absolute Gasteiger partial charge is 0.406 e. The fourth-order valence-corrected chi connectivity index (χ4v) is 3.69. The van der Waals surface area contributed by atoms with Gasteiger partial charge >= 0.3 is 6.36 Å². The van der Waals surface area contributed by atoms with Crippen LogP contribution in [0.1, 0.15) is 15.9 Å². The molecule has 1 fully saturated rings. The maximum Gasteiger partial charge on any atom is 0.573 e. The van der Waals surface area contributed by atoms with Crippen molar-refractivity contribution in [2.24, 2.45) is 0 Å². The van der Waals surface area contributed by atoms with Crippen molar-refractivity contribution < 1.29 is 27.4 Å². The number of hydrogen-bond donors (Lipinski definition) is 2. The lowest BCUT2D eigenvalue weighted by atomic mass is 10.0. The number of hydrogen-bond acceptors (Lipinski definition) is 5. The van der Waals surface area contributed by atoms with Gasteiger partial charge in [0.05, 0.1) is 24.6 Å². The summed E-state index contributed by atoms with van der Waals surface area (Å²) < 4.78 is 47.0. The minimum atomic E-state index is -4.78. The summed E-state index contributed by atoms with van der Waals surface area (Å²) in [7, 11) is 0.